The molecule has 0 aliphatic rings. The highest BCUT2D eigenvalue weighted by atomic mass is 16.5. The maximum absolute atomic E-state index is 5.60. The number of nitrogens with one attached hydrogen (secondary N) is 1. The van der Waals surface area contributed by atoms with Gasteiger partial charge in [-0.05, 0) is 39.3 Å². The average Bonchev–Trinajstić information content (AvgIpc) is 2.28. The lowest BCUT2D eigenvalue weighted by molar-refractivity contribution is -0.0168. The Hall–Kier alpha value is -0.520. The Kier molecular flexibility index (Phi) is 8.33. The topological polar surface area (TPSA) is 21.3 Å². The van der Waals surface area contributed by atoms with E-state index in [4.69, 9.17) is 11.2 Å². The first-order valence-electron chi connectivity index (χ1n) is 6.33. The SMILES string of the molecule is C#CC(CCNCC)CC(C)(CCC)OC. The van der Waals surface area contributed by atoms with Gasteiger partial charge in [0.05, 0.1) is 5.60 Å². The fourth-order valence-corrected chi connectivity index (χ4v) is 2.03. The molecule has 0 aromatic rings. The molecule has 0 saturated carbocycles. The van der Waals surface area contributed by atoms with Crippen molar-refractivity contribution in [3.05, 3.63) is 0 Å². The van der Waals surface area contributed by atoms with Crippen LogP contribution in [0.25, 0.3) is 0 Å². The summed E-state index contributed by atoms with van der Waals surface area (Å²) in [5.41, 5.74) is -0.0575. The Morgan fingerprint density at radius 1 is 1.44 bits per heavy atom. The molecule has 0 bridgehead atoms. The molecule has 94 valence electrons. The van der Waals surface area contributed by atoms with Gasteiger partial charge in [-0.2, -0.15) is 0 Å². The molecular weight excluding hydrogens is 198 g/mol. The maximum atomic E-state index is 5.60. The third kappa shape index (κ3) is 6.15. The van der Waals surface area contributed by atoms with Crippen LogP contribution in [-0.2, 0) is 4.74 Å². The van der Waals surface area contributed by atoms with E-state index in [9.17, 15) is 0 Å². The Balaban J connectivity index is 4.12. The smallest absolute Gasteiger partial charge is 0.0662 e. The lowest BCUT2D eigenvalue weighted by atomic mass is 9.87. The van der Waals surface area contributed by atoms with Crippen molar-refractivity contribution in [2.45, 2.75) is 52.1 Å². The second kappa shape index (κ2) is 8.61. The second-order valence-corrected chi connectivity index (χ2v) is 4.61. The van der Waals surface area contributed by atoms with Crippen molar-refractivity contribution < 1.29 is 4.74 Å². The summed E-state index contributed by atoms with van der Waals surface area (Å²) in [5, 5.41) is 3.31. The fraction of sp³-hybridized carbons (Fsp3) is 0.857. The van der Waals surface area contributed by atoms with Crippen molar-refractivity contribution in [1.82, 2.24) is 5.32 Å². The second-order valence-electron chi connectivity index (χ2n) is 4.61. The van der Waals surface area contributed by atoms with Gasteiger partial charge in [0.15, 0.2) is 0 Å². The van der Waals surface area contributed by atoms with Crippen LogP contribution in [-0.4, -0.2) is 25.8 Å². The third-order valence-corrected chi connectivity index (χ3v) is 3.11. The summed E-state index contributed by atoms with van der Waals surface area (Å²) in [6.45, 7) is 8.46. The summed E-state index contributed by atoms with van der Waals surface area (Å²) in [4.78, 5) is 0. The summed E-state index contributed by atoms with van der Waals surface area (Å²) in [7, 11) is 1.79. The third-order valence-electron chi connectivity index (χ3n) is 3.11. The Morgan fingerprint density at radius 2 is 2.12 bits per heavy atom. The average molecular weight is 225 g/mol. The first kappa shape index (κ1) is 15.5. The van der Waals surface area contributed by atoms with Crippen LogP contribution in [0.2, 0.25) is 0 Å². The summed E-state index contributed by atoms with van der Waals surface area (Å²) < 4.78 is 5.60. The number of ether oxygens (including phenoxy) is 1. The summed E-state index contributed by atoms with van der Waals surface area (Å²) >= 11 is 0. The lowest BCUT2D eigenvalue weighted by Crippen LogP contribution is -2.31. The number of hydrogen-bond acceptors (Lipinski definition) is 2. The van der Waals surface area contributed by atoms with E-state index in [1.54, 1.807) is 7.11 Å². The molecular formula is C14H27NO. The van der Waals surface area contributed by atoms with E-state index in [0.29, 0.717) is 5.92 Å². The molecule has 0 saturated heterocycles. The minimum atomic E-state index is -0.0575. The van der Waals surface area contributed by atoms with Gasteiger partial charge in [0.2, 0.25) is 0 Å². The molecule has 2 nitrogen and oxygen atoms in total. The molecule has 0 aromatic heterocycles. The van der Waals surface area contributed by atoms with Crippen LogP contribution in [0.3, 0.4) is 0 Å². The molecule has 0 rings (SSSR count). The Morgan fingerprint density at radius 3 is 2.56 bits per heavy atom. The molecule has 2 unspecified atom stereocenters. The zero-order valence-electron chi connectivity index (χ0n) is 11.3. The molecule has 0 spiro atoms. The minimum absolute atomic E-state index is 0.0575. The van der Waals surface area contributed by atoms with Gasteiger partial charge in [0.25, 0.3) is 0 Å². The van der Waals surface area contributed by atoms with Crippen molar-refractivity contribution in [3.63, 3.8) is 0 Å². The van der Waals surface area contributed by atoms with Crippen LogP contribution in [0.15, 0.2) is 0 Å². The highest BCUT2D eigenvalue weighted by Gasteiger charge is 2.25. The van der Waals surface area contributed by atoms with E-state index in [1.807, 2.05) is 0 Å². The van der Waals surface area contributed by atoms with Crippen LogP contribution < -0.4 is 5.32 Å². The van der Waals surface area contributed by atoms with Crippen molar-refractivity contribution in [2.24, 2.45) is 5.92 Å². The monoisotopic (exact) mass is 225 g/mol. The van der Waals surface area contributed by atoms with Crippen LogP contribution in [0.4, 0.5) is 0 Å². The zero-order chi connectivity index (χ0) is 12.4. The Labute approximate surface area is 101 Å². The van der Waals surface area contributed by atoms with Gasteiger partial charge in [-0.3, -0.25) is 0 Å². The number of terminal acetylenes is 1. The zero-order valence-corrected chi connectivity index (χ0v) is 11.3. The van der Waals surface area contributed by atoms with Crippen molar-refractivity contribution >= 4 is 0 Å². The largest absolute Gasteiger partial charge is 0.378 e. The van der Waals surface area contributed by atoms with Gasteiger partial charge in [-0.1, -0.05) is 20.3 Å². The summed E-state index contributed by atoms with van der Waals surface area (Å²) in [6.07, 6.45) is 9.78. The van der Waals surface area contributed by atoms with Gasteiger partial charge in [-0.15, -0.1) is 12.3 Å². The normalized spacial score (nSPS) is 16.4. The molecule has 2 heteroatoms. The van der Waals surface area contributed by atoms with Crippen LogP contribution in [0, 0.1) is 18.3 Å². The molecule has 0 heterocycles. The summed E-state index contributed by atoms with van der Waals surface area (Å²) in [5.74, 6) is 3.20. The van der Waals surface area contributed by atoms with E-state index < -0.39 is 0 Å². The molecule has 16 heavy (non-hydrogen) atoms. The van der Waals surface area contributed by atoms with E-state index in [0.717, 1.165) is 38.8 Å². The highest BCUT2D eigenvalue weighted by Crippen LogP contribution is 2.26. The molecule has 0 aliphatic carbocycles. The molecule has 0 aromatic carbocycles. The van der Waals surface area contributed by atoms with Gasteiger partial charge < -0.3 is 10.1 Å². The predicted molar refractivity (Wildman–Crippen MR) is 70.4 cm³/mol. The van der Waals surface area contributed by atoms with E-state index >= 15 is 0 Å². The number of rotatable bonds is 9. The van der Waals surface area contributed by atoms with Gasteiger partial charge in [0.1, 0.15) is 0 Å². The number of hydrogen-bond donors (Lipinski definition) is 1. The Bertz CT molecular complexity index is 209. The quantitative estimate of drug-likeness (QED) is 0.481. The van der Waals surface area contributed by atoms with Crippen LogP contribution >= 0.6 is 0 Å². The van der Waals surface area contributed by atoms with Crippen molar-refractivity contribution in [1.29, 1.82) is 0 Å². The standard InChI is InChI=1S/C14H27NO/c1-6-10-14(4,16-5)12-13(7-2)9-11-15-8-3/h2,13,15H,6,8-12H2,1,3-5H3. The molecule has 0 amide bonds. The highest BCUT2D eigenvalue weighted by molar-refractivity contribution is 4.96. The lowest BCUT2D eigenvalue weighted by Gasteiger charge is -2.30. The molecule has 1 N–H and O–H groups in total. The number of methoxy groups -OCH3 is 1. The molecule has 0 aliphatic heterocycles. The summed E-state index contributed by atoms with van der Waals surface area (Å²) in [6, 6.07) is 0. The van der Waals surface area contributed by atoms with E-state index in [-0.39, 0.29) is 5.60 Å². The minimum Gasteiger partial charge on any atom is -0.378 e. The van der Waals surface area contributed by atoms with Crippen molar-refractivity contribution in [2.75, 3.05) is 20.2 Å². The molecule has 0 radical (unpaired) electrons. The van der Waals surface area contributed by atoms with Gasteiger partial charge >= 0.3 is 0 Å². The fourth-order valence-electron chi connectivity index (χ4n) is 2.03. The predicted octanol–water partition coefficient (Wildman–Crippen LogP) is 2.83. The van der Waals surface area contributed by atoms with Crippen LogP contribution in [0.5, 0.6) is 0 Å². The van der Waals surface area contributed by atoms with Crippen LogP contribution in [0.1, 0.15) is 46.5 Å². The molecule has 0 fully saturated rings. The first-order valence-corrected chi connectivity index (χ1v) is 6.33. The van der Waals surface area contributed by atoms with E-state index in [1.165, 1.54) is 0 Å². The first-order chi connectivity index (χ1) is 7.61. The van der Waals surface area contributed by atoms with Gasteiger partial charge in [-0.25, -0.2) is 0 Å². The van der Waals surface area contributed by atoms with Gasteiger partial charge in [0, 0.05) is 13.0 Å². The van der Waals surface area contributed by atoms with E-state index in [2.05, 4.69) is 32.0 Å². The maximum Gasteiger partial charge on any atom is 0.0662 e. The van der Waals surface area contributed by atoms with Crippen molar-refractivity contribution in [3.8, 4) is 12.3 Å². The molecule has 2 atom stereocenters.